The molecule has 2 aromatic rings. The summed E-state index contributed by atoms with van der Waals surface area (Å²) in [4.78, 5) is 25.4. The molecule has 0 bridgehead atoms. The van der Waals surface area contributed by atoms with E-state index in [2.05, 4.69) is 10.6 Å². The predicted octanol–water partition coefficient (Wildman–Crippen LogP) is 3.07. The third-order valence-corrected chi connectivity index (χ3v) is 5.27. The van der Waals surface area contributed by atoms with Gasteiger partial charge in [-0.05, 0) is 43.2 Å². The van der Waals surface area contributed by atoms with Crippen LogP contribution in [0.3, 0.4) is 0 Å². The lowest BCUT2D eigenvalue weighted by molar-refractivity contribution is -0.122. The Morgan fingerprint density at radius 2 is 2.07 bits per heavy atom. The monoisotopic (exact) mass is 398 g/mol. The fraction of sp³-hybridized carbons (Fsp3) is 0.238. The minimum Gasteiger partial charge on any atom is -0.369 e. The average Bonchev–Trinajstić information content (AvgIpc) is 3.03. The van der Waals surface area contributed by atoms with Crippen LogP contribution in [0.25, 0.3) is 5.57 Å². The van der Waals surface area contributed by atoms with Gasteiger partial charge in [-0.3, -0.25) is 9.59 Å². The molecule has 0 saturated carbocycles. The number of nitrogens with one attached hydrogen (secondary N) is 2. The van der Waals surface area contributed by atoms with Crippen molar-refractivity contribution in [3.05, 3.63) is 59.8 Å². The van der Waals surface area contributed by atoms with E-state index in [1.54, 1.807) is 18.2 Å². The number of primary amides is 1. The number of carbonyl (C=O) groups excluding carboxylic acids is 2. The second kappa shape index (κ2) is 7.54. The number of hydrogen-bond donors (Lipinski definition) is 3. The van der Waals surface area contributed by atoms with Gasteiger partial charge >= 0.3 is 0 Å². The Labute approximate surface area is 166 Å². The van der Waals surface area contributed by atoms with Crippen molar-refractivity contribution in [1.82, 2.24) is 0 Å². The van der Waals surface area contributed by atoms with E-state index in [1.165, 1.54) is 24.4 Å². The molecular formula is C21H20F2N4O2. The number of fused-ring (bicyclic) bond motifs is 1. The molecule has 2 aliphatic heterocycles. The van der Waals surface area contributed by atoms with E-state index in [4.69, 9.17) is 5.73 Å². The quantitative estimate of drug-likeness (QED) is 0.691. The first-order valence-corrected chi connectivity index (χ1v) is 9.35. The second-order valence-electron chi connectivity index (χ2n) is 7.17. The fourth-order valence-electron chi connectivity index (χ4n) is 3.78. The van der Waals surface area contributed by atoms with Crippen molar-refractivity contribution < 1.29 is 18.4 Å². The van der Waals surface area contributed by atoms with Gasteiger partial charge in [0.1, 0.15) is 11.6 Å². The Morgan fingerprint density at radius 1 is 1.24 bits per heavy atom. The largest absolute Gasteiger partial charge is 0.369 e. The fourth-order valence-corrected chi connectivity index (χ4v) is 3.78. The maximum absolute atomic E-state index is 14.7. The summed E-state index contributed by atoms with van der Waals surface area (Å²) in [7, 11) is 0. The minimum absolute atomic E-state index is 0.142. The Balaban J connectivity index is 1.53. The number of amides is 2. The molecular weight excluding hydrogens is 378 g/mol. The molecule has 1 unspecified atom stereocenters. The maximum Gasteiger partial charge on any atom is 0.257 e. The molecule has 0 aliphatic carbocycles. The topological polar surface area (TPSA) is 87.5 Å². The van der Waals surface area contributed by atoms with Gasteiger partial charge in [-0.1, -0.05) is 6.07 Å². The van der Waals surface area contributed by atoms with Crippen molar-refractivity contribution in [3.8, 4) is 0 Å². The number of halogens is 2. The zero-order valence-corrected chi connectivity index (χ0v) is 15.5. The Bertz CT molecular complexity index is 1020. The lowest BCUT2D eigenvalue weighted by Crippen LogP contribution is -2.41. The number of rotatable bonds is 4. The van der Waals surface area contributed by atoms with E-state index >= 15 is 0 Å². The normalized spacial score (nSPS) is 19.8. The van der Waals surface area contributed by atoms with E-state index in [0.29, 0.717) is 36.6 Å². The van der Waals surface area contributed by atoms with Gasteiger partial charge in [0.05, 0.1) is 22.9 Å². The smallest absolute Gasteiger partial charge is 0.257 e. The van der Waals surface area contributed by atoms with Gasteiger partial charge < -0.3 is 21.3 Å². The van der Waals surface area contributed by atoms with E-state index in [0.717, 1.165) is 6.42 Å². The lowest BCUT2D eigenvalue weighted by atomic mass is 9.97. The van der Waals surface area contributed by atoms with E-state index in [1.807, 2.05) is 4.90 Å². The molecule has 4 rings (SSSR count). The van der Waals surface area contributed by atoms with E-state index in [-0.39, 0.29) is 23.0 Å². The Morgan fingerprint density at radius 3 is 2.83 bits per heavy atom. The number of hydrogen-bond acceptors (Lipinski definition) is 4. The molecule has 2 heterocycles. The summed E-state index contributed by atoms with van der Waals surface area (Å²) in [6, 6.07) is 8.99. The summed E-state index contributed by atoms with van der Waals surface area (Å²) in [5.41, 5.74) is 6.93. The Kier molecular flexibility index (Phi) is 4.92. The molecule has 1 saturated heterocycles. The van der Waals surface area contributed by atoms with Crippen LogP contribution in [0.15, 0.2) is 42.6 Å². The molecule has 6 nitrogen and oxygen atoms in total. The highest BCUT2D eigenvalue weighted by Gasteiger charge is 2.28. The van der Waals surface area contributed by atoms with Crippen molar-refractivity contribution in [2.75, 3.05) is 28.6 Å². The number of anilines is 3. The molecule has 0 spiro atoms. The van der Waals surface area contributed by atoms with E-state index in [9.17, 15) is 18.4 Å². The van der Waals surface area contributed by atoms with Gasteiger partial charge in [-0.25, -0.2) is 8.78 Å². The molecule has 4 N–H and O–H groups in total. The van der Waals surface area contributed by atoms with Crippen molar-refractivity contribution in [1.29, 1.82) is 0 Å². The van der Waals surface area contributed by atoms with Crippen molar-refractivity contribution >= 4 is 34.4 Å². The zero-order chi connectivity index (χ0) is 20.5. The maximum atomic E-state index is 14.7. The van der Waals surface area contributed by atoms with Crippen LogP contribution in [0.4, 0.5) is 25.8 Å². The van der Waals surface area contributed by atoms with Crippen LogP contribution in [0.5, 0.6) is 0 Å². The summed E-state index contributed by atoms with van der Waals surface area (Å²) in [5.74, 6) is -2.06. The van der Waals surface area contributed by atoms with E-state index < -0.39 is 17.5 Å². The molecule has 0 radical (unpaired) electrons. The minimum atomic E-state index is -0.510. The molecule has 1 atom stereocenters. The SMILES string of the molecule is NC(=O)C1CCCN(c2ccc(NC=C3C(=O)Nc4cccc(F)c43)cc2F)C1. The molecule has 2 amide bonds. The summed E-state index contributed by atoms with van der Waals surface area (Å²) in [6.07, 6.45) is 2.84. The number of piperidine rings is 1. The van der Waals surface area contributed by atoms with Gasteiger partial charge in [0.15, 0.2) is 0 Å². The predicted molar refractivity (Wildman–Crippen MR) is 107 cm³/mol. The number of nitrogens with zero attached hydrogens (tertiary/aromatic N) is 1. The lowest BCUT2D eigenvalue weighted by Gasteiger charge is -2.33. The standard InChI is InChI=1S/C21H20F2N4O2/c22-15-4-1-5-17-19(15)14(21(29)26-17)10-25-13-6-7-18(16(23)9-13)27-8-2-3-12(11-27)20(24)28/h1,4-7,9-10,12,25H,2-3,8,11H2,(H2,24,28)(H,26,29). The van der Waals surface area contributed by atoms with Gasteiger partial charge in [-0.15, -0.1) is 0 Å². The summed E-state index contributed by atoms with van der Waals surface area (Å²) in [6.45, 7) is 1.03. The third kappa shape index (κ3) is 3.65. The first-order valence-electron chi connectivity index (χ1n) is 9.35. The van der Waals surface area contributed by atoms with Gasteiger partial charge in [0, 0.05) is 30.5 Å². The summed E-state index contributed by atoms with van der Waals surface area (Å²) < 4.78 is 28.8. The average molecular weight is 398 g/mol. The highest BCUT2D eigenvalue weighted by molar-refractivity contribution is 6.31. The van der Waals surface area contributed by atoms with Gasteiger partial charge in [-0.2, -0.15) is 0 Å². The van der Waals surface area contributed by atoms with Crippen LogP contribution < -0.4 is 21.3 Å². The van der Waals surface area contributed by atoms with Crippen LogP contribution in [0.1, 0.15) is 18.4 Å². The highest BCUT2D eigenvalue weighted by atomic mass is 19.1. The molecule has 150 valence electrons. The molecule has 2 aliphatic rings. The molecule has 0 aromatic heterocycles. The van der Waals surface area contributed by atoms with Crippen LogP contribution in [0.2, 0.25) is 0 Å². The number of nitrogens with two attached hydrogens (primary N) is 1. The summed E-state index contributed by atoms with van der Waals surface area (Å²) in [5, 5.41) is 5.46. The van der Waals surface area contributed by atoms with Crippen LogP contribution in [-0.2, 0) is 9.59 Å². The first kappa shape index (κ1) is 18.9. The Hall–Kier alpha value is -3.42. The molecule has 1 fully saturated rings. The van der Waals surface area contributed by atoms with Crippen molar-refractivity contribution in [2.45, 2.75) is 12.8 Å². The molecule has 2 aromatic carbocycles. The second-order valence-corrected chi connectivity index (χ2v) is 7.17. The number of benzene rings is 2. The molecule has 29 heavy (non-hydrogen) atoms. The molecule has 8 heteroatoms. The third-order valence-electron chi connectivity index (χ3n) is 5.27. The number of carbonyl (C=O) groups is 2. The van der Waals surface area contributed by atoms with Gasteiger partial charge in [0.25, 0.3) is 5.91 Å². The van der Waals surface area contributed by atoms with Crippen molar-refractivity contribution in [3.63, 3.8) is 0 Å². The highest BCUT2D eigenvalue weighted by Crippen LogP contribution is 2.34. The summed E-state index contributed by atoms with van der Waals surface area (Å²) >= 11 is 0. The first-order chi connectivity index (χ1) is 13.9. The van der Waals surface area contributed by atoms with Crippen LogP contribution in [0, 0.1) is 17.6 Å². The van der Waals surface area contributed by atoms with Gasteiger partial charge in [0.2, 0.25) is 5.91 Å². The van der Waals surface area contributed by atoms with Crippen molar-refractivity contribution in [2.24, 2.45) is 11.7 Å². The van der Waals surface area contributed by atoms with Crippen LogP contribution in [-0.4, -0.2) is 24.9 Å². The van der Waals surface area contributed by atoms with Crippen LogP contribution >= 0.6 is 0 Å². The zero-order valence-electron chi connectivity index (χ0n) is 15.5.